The highest BCUT2D eigenvalue weighted by Gasteiger charge is 2.41. The number of hydrogen-bond acceptors (Lipinski definition) is 5. The summed E-state index contributed by atoms with van der Waals surface area (Å²) in [5.74, 6) is -2.67. The fourth-order valence-electron chi connectivity index (χ4n) is 4.29. The summed E-state index contributed by atoms with van der Waals surface area (Å²) in [4.78, 5) is 14.3. The molecule has 186 valence electrons. The van der Waals surface area contributed by atoms with Crippen molar-refractivity contribution < 1.29 is 37.1 Å². The predicted octanol–water partition coefficient (Wildman–Crippen LogP) is 4.39. The Kier molecular flexibility index (Phi) is 6.42. The molecule has 6 nitrogen and oxygen atoms in total. The van der Waals surface area contributed by atoms with Gasteiger partial charge in [0.15, 0.2) is 5.58 Å². The van der Waals surface area contributed by atoms with Gasteiger partial charge in [0.1, 0.15) is 31.1 Å². The number of phenols is 1. The van der Waals surface area contributed by atoms with Crippen LogP contribution in [0.1, 0.15) is 11.3 Å². The first-order valence-corrected chi connectivity index (χ1v) is 11.4. The van der Waals surface area contributed by atoms with Crippen molar-refractivity contribution in [2.24, 2.45) is 0 Å². The summed E-state index contributed by atoms with van der Waals surface area (Å²) in [6.07, 6.45) is -5.00. The third-order valence-corrected chi connectivity index (χ3v) is 6.16. The molecule has 0 aliphatic carbocycles. The summed E-state index contributed by atoms with van der Waals surface area (Å²) in [5, 5.41) is 10.3. The smallest absolute Gasteiger partial charge is 0.453 e. The summed E-state index contributed by atoms with van der Waals surface area (Å²) in [5.41, 5.74) is 0.660. The number of morpholine rings is 1. The first kappa shape index (κ1) is 23.9. The van der Waals surface area contributed by atoms with Crippen LogP contribution in [0.2, 0.25) is 0 Å². The number of hydrogen-bond donors (Lipinski definition) is 2. The van der Waals surface area contributed by atoms with Gasteiger partial charge in [0.25, 0.3) is 5.76 Å². The zero-order valence-electron chi connectivity index (χ0n) is 19.1. The molecule has 0 spiro atoms. The largest absolute Gasteiger partial charge is 0.507 e. The van der Waals surface area contributed by atoms with E-state index in [-0.39, 0.29) is 34.6 Å². The highest BCUT2D eigenvalue weighted by molar-refractivity contribution is 5.83. The number of halogens is 3. The third-order valence-electron chi connectivity index (χ3n) is 6.16. The molecular weight excluding hydrogens is 475 g/mol. The van der Waals surface area contributed by atoms with Gasteiger partial charge >= 0.3 is 6.18 Å². The predicted molar refractivity (Wildman–Crippen MR) is 126 cm³/mol. The Bertz CT molecular complexity index is 1430. The minimum absolute atomic E-state index is 0.0589. The van der Waals surface area contributed by atoms with Gasteiger partial charge in [-0.15, -0.1) is 0 Å². The Morgan fingerprint density at radius 2 is 1.58 bits per heavy atom. The molecule has 0 bridgehead atoms. The van der Waals surface area contributed by atoms with E-state index in [1.807, 2.05) is 30.3 Å². The topological polar surface area (TPSA) is 73.3 Å². The Labute approximate surface area is 204 Å². The number of quaternary nitrogens is 1. The van der Waals surface area contributed by atoms with Crippen LogP contribution in [0.15, 0.2) is 75.9 Å². The maximum Gasteiger partial charge on any atom is 0.453 e. The molecule has 2 N–H and O–H groups in total. The van der Waals surface area contributed by atoms with Crippen molar-refractivity contribution in [1.82, 2.24) is 0 Å². The van der Waals surface area contributed by atoms with Crippen molar-refractivity contribution in [3.05, 3.63) is 88.3 Å². The number of ether oxygens (including phenoxy) is 2. The van der Waals surface area contributed by atoms with Gasteiger partial charge in [-0.25, -0.2) is 0 Å². The minimum Gasteiger partial charge on any atom is -0.507 e. The first-order valence-electron chi connectivity index (χ1n) is 11.4. The molecule has 5 rings (SSSR count). The number of benzene rings is 3. The van der Waals surface area contributed by atoms with Crippen molar-refractivity contribution in [1.29, 1.82) is 0 Å². The van der Waals surface area contributed by atoms with Crippen LogP contribution in [0, 0.1) is 0 Å². The zero-order valence-corrected chi connectivity index (χ0v) is 19.1. The highest BCUT2D eigenvalue weighted by Crippen LogP contribution is 2.40. The second kappa shape index (κ2) is 9.67. The summed E-state index contributed by atoms with van der Waals surface area (Å²) in [6.45, 7) is 2.42. The Morgan fingerprint density at radius 3 is 2.25 bits per heavy atom. The van der Waals surface area contributed by atoms with Crippen molar-refractivity contribution in [3.8, 4) is 28.4 Å². The monoisotopic (exact) mass is 498 g/mol. The normalized spacial score (nSPS) is 14.8. The second-order valence-electron chi connectivity index (χ2n) is 8.56. The van der Waals surface area contributed by atoms with Gasteiger partial charge in [0.05, 0.1) is 24.2 Å². The molecule has 2 heterocycles. The summed E-state index contributed by atoms with van der Waals surface area (Å²) in [6, 6.07) is 18.4. The van der Waals surface area contributed by atoms with E-state index in [9.17, 15) is 23.1 Å². The van der Waals surface area contributed by atoms with Crippen molar-refractivity contribution in [2.75, 3.05) is 26.3 Å². The molecule has 9 heteroatoms. The van der Waals surface area contributed by atoms with E-state index in [4.69, 9.17) is 13.9 Å². The lowest BCUT2D eigenvalue weighted by Crippen LogP contribution is -3.12. The second-order valence-corrected chi connectivity index (χ2v) is 8.56. The molecule has 0 amide bonds. The lowest BCUT2D eigenvalue weighted by Gasteiger charge is -2.24. The lowest BCUT2D eigenvalue weighted by molar-refractivity contribution is -0.921. The fraction of sp³-hybridized carbons (Fsp3) is 0.222. The maximum atomic E-state index is 14.0. The number of alkyl halides is 3. The Morgan fingerprint density at radius 1 is 0.917 bits per heavy atom. The fourth-order valence-corrected chi connectivity index (χ4v) is 4.29. The molecular formula is C27H23F3NO5+. The van der Waals surface area contributed by atoms with Gasteiger partial charge in [0.2, 0.25) is 11.2 Å². The van der Waals surface area contributed by atoms with Crippen LogP contribution in [0.5, 0.6) is 17.2 Å². The summed E-state index contributed by atoms with van der Waals surface area (Å²) in [7, 11) is 0. The van der Waals surface area contributed by atoms with Crippen LogP contribution >= 0.6 is 0 Å². The molecule has 36 heavy (non-hydrogen) atoms. The number of nitrogens with one attached hydrogen (secondary N) is 1. The molecule has 1 aliphatic heterocycles. The van der Waals surface area contributed by atoms with Gasteiger partial charge in [-0.05, 0) is 35.4 Å². The van der Waals surface area contributed by atoms with Crippen LogP contribution in [-0.2, 0) is 17.5 Å². The first-order chi connectivity index (χ1) is 17.3. The molecule has 1 saturated heterocycles. The number of fused-ring (bicyclic) bond motifs is 1. The Hall–Kier alpha value is -3.82. The van der Waals surface area contributed by atoms with E-state index >= 15 is 0 Å². The van der Waals surface area contributed by atoms with Crippen LogP contribution in [0.4, 0.5) is 13.2 Å². The van der Waals surface area contributed by atoms with Crippen molar-refractivity contribution in [2.45, 2.75) is 12.7 Å². The quantitative estimate of drug-likeness (QED) is 0.427. The van der Waals surface area contributed by atoms with E-state index in [1.165, 1.54) is 24.3 Å². The molecule has 0 atom stereocenters. The van der Waals surface area contributed by atoms with Crippen molar-refractivity contribution >= 4 is 11.0 Å². The van der Waals surface area contributed by atoms with E-state index in [2.05, 4.69) is 0 Å². The molecule has 0 unspecified atom stereocenters. The van der Waals surface area contributed by atoms with E-state index in [1.54, 1.807) is 12.1 Å². The van der Waals surface area contributed by atoms with Crippen LogP contribution in [0.25, 0.3) is 22.1 Å². The molecule has 1 fully saturated rings. The molecule has 0 saturated carbocycles. The number of phenolic OH excluding ortho intramolecular Hbond substituents is 1. The standard InChI is InChI=1S/C27H22F3NO5/c28-27(29,30)26-25(35-19-8-6-18(7-9-19)17-4-2-1-3-5-17)23(33)20-10-11-22(32)21(24(20)36-26)16-31-12-14-34-15-13-31/h1-11,32H,12-16H2/p+1. The SMILES string of the molecule is O=c1c(Oc2ccc(-c3ccccc3)cc2)c(C(F)(F)F)oc2c(C[NH+]3CCOCC3)c(O)ccc12. The average Bonchev–Trinajstić information content (AvgIpc) is 2.88. The van der Waals surface area contributed by atoms with Gasteiger partial charge in [-0.1, -0.05) is 42.5 Å². The molecule has 3 aromatic carbocycles. The number of aromatic hydroxyl groups is 1. The van der Waals surface area contributed by atoms with Crippen LogP contribution in [-0.4, -0.2) is 31.4 Å². The molecule has 4 aromatic rings. The van der Waals surface area contributed by atoms with E-state index < -0.39 is 23.1 Å². The van der Waals surface area contributed by atoms with E-state index in [0.717, 1.165) is 16.0 Å². The average molecular weight is 498 g/mol. The Balaban J connectivity index is 1.56. The molecule has 1 aromatic heterocycles. The van der Waals surface area contributed by atoms with Crippen LogP contribution < -0.4 is 15.1 Å². The molecule has 1 aliphatic rings. The van der Waals surface area contributed by atoms with Crippen LogP contribution in [0.3, 0.4) is 0 Å². The van der Waals surface area contributed by atoms with Crippen molar-refractivity contribution in [3.63, 3.8) is 0 Å². The summed E-state index contributed by atoms with van der Waals surface area (Å²) < 4.78 is 58.2. The summed E-state index contributed by atoms with van der Waals surface area (Å²) >= 11 is 0. The van der Waals surface area contributed by atoms with Gasteiger partial charge < -0.3 is 23.9 Å². The minimum atomic E-state index is -5.00. The molecule has 0 radical (unpaired) electrons. The lowest BCUT2D eigenvalue weighted by atomic mass is 10.1. The highest BCUT2D eigenvalue weighted by atomic mass is 19.4. The van der Waals surface area contributed by atoms with Gasteiger partial charge in [-0.2, -0.15) is 13.2 Å². The third kappa shape index (κ3) is 4.80. The van der Waals surface area contributed by atoms with Gasteiger partial charge in [0, 0.05) is 0 Å². The maximum absolute atomic E-state index is 14.0. The van der Waals surface area contributed by atoms with Gasteiger partial charge in [-0.3, -0.25) is 4.79 Å². The van der Waals surface area contributed by atoms with E-state index in [0.29, 0.717) is 26.3 Å². The zero-order chi connectivity index (χ0) is 25.3. The number of rotatable bonds is 5.